The molecule has 3 aromatic carbocycles. The molecular formula is C31H30N2O2. The Morgan fingerprint density at radius 3 is 2.34 bits per heavy atom. The van der Waals surface area contributed by atoms with Crippen LogP contribution < -0.4 is 0 Å². The predicted octanol–water partition coefficient (Wildman–Crippen LogP) is 8.75. The number of benzene rings is 3. The fourth-order valence-electron chi connectivity index (χ4n) is 5.40. The van der Waals surface area contributed by atoms with Crippen molar-refractivity contribution in [2.24, 2.45) is 5.92 Å². The summed E-state index contributed by atoms with van der Waals surface area (Å²) in [6.45, 7) is 13.3. The molecular weight excluding hydrogens is 432 g/mol. The van der Waals surface area contributed by atoms with Crippen LogP contribution in [0.3, 0.4) is 0 Å². The van der Waals surface area contributed by atoms with E-state index in [4.69, 9.17) is 13.8 Å². The topological polar surface area (TPSA) is 52.1 Å². The Morgan fingerprint density at radius 1 is 0.857 bits per heavy atom. The van der Waals surface area contributed by atoms with Crippen LogP contribution in [0.5, 0.6) is 0 Å². The summed E-state index contributed by atoms with van der Waals surface area (Å²) in [6, 6.07) is 17.1. The van der Waals surface area contributed by atoms with Crippen LogP contribution >= 0.6 is 0 Å². The molecule has 0 aliphatic carbocycles. The first-order valence-corrected chi connectivity index (χ1v) is 12.3. The van der Waals surface area contributed by atoms with Gasteiger partial charge in [-0.05, 0) is 65.3 Å². The minimum absolute atomic E-state index is 0.0143. The van der Waals surface area contributed by atoms with Gasteiger partial charge in [0.1, 0.15) is 23.3 Å². The molecule has 0 unspecified atom stereocenters. The molecule has 0 spiro atoms. The summed E-state index contributed by atoms with van der Waals surface area (Å²) in [5.74, 6) is 1.48. The number of furan rings is 2. The Bertz CT molecular complexity index is 1750. The summed E-state index contributed by atoms with van der Waals surface area (Å²) in [5.41, 5.74) is 6.81. The summed E-state index contributed by atoms with van der Waals surface area (Å²) < 4.78 is 12.5. The Labute approximate surface area is 205 Å². The van der Waals surface area contributed by atoms with Crippen molar-refractivity contribution in [2.75, 3.05) is 0 Å². The highest BCUT2D eigenvalue weighted by molar-refractivity contribution is 6.22. The molecule has 3 aromatic heterocycles. The van der Waals surface area contributed by atoms with Gasteiger partial charge in [0.05, 0.1) is 11.1 Å². The summed E-state index contributed by atoms with van der Waals surface area (Å²) in [6.07, 6.45) is 2.55. The minimum atomic E-state index is -0.0143. The van der Waals surface area contributed by atoms with Crippen LogP contribution in [0.2, 0.25) is 0 Å². The van der Waals surface area contributed by atoms with Gasteiger partial charge in [-0.15, -0.1) is 0 Å². The van der Waals surface area contributed by atoms with E-state index >= 15 is 0 Å². The normalized spacial score (nSPS) is 12.7. The fourth-order valence-corrected chi connectivity index (χ4v) is 5.40. The lowest BCUT2D eigenvalue weighted by molar-refractivity contribution is 0.560. The van der Waals surface area contributed by atoms with Crippen molar-refractivity contribution in [2.45, 2.75) is 53.4 Å². The van der Waals surface area contributed by atoms with E-state index in [1.165, 1.54) is 21.9 Å². The third kappa shape index (κ3) is 3.43. The van der Waals surface area contributed by atoms with E-state index in [1.54, 1.807) is 6.33 Å². The van der Waals surface area contributed by atoms with Crippen LogP contribution in [0.4, 0.5) is 0 Å². The van der Waals surface area contributed by atoms with Gasteiger partial charge in [0.15, 0.2) is 0 Å². The van der Waals surface area contributed by atoms with Crippen LogP contribution in [0, 0.1) is 12.8 Å². The molecule has 0 N–H and O–H groups in total. The number of nitrogens with zero attached hydrogens (tertiary/aromatic N) is 2. The van der Waals surface area contributed by atoms with Gasteiger partial charge in [0, 0.05) is 21.9 Å². The fraction of sp³-hybridized carbons (Fsp3) is 0.290. The molecule has 0 aliphatic heterocycles. The molecule has 6 aromatic rings. The van der Waals surface area contributed by atoms with E-state index in [0.29, 0.717) is 11.6 Å². The maximum absolute atomic E-state index is 6.28. The van der Waals surface area contributed by atoms with Gasteiger partial charge in [0.2, 0.25) is 5.71 Å². The maximum Gasteiger partial charge on any atom is 0.231 e. The summed E-state index contributed by atoms with van der Waals surface area (Å²) >= 11 is 0. The molecule has 0 bridgehead atoms. The molecule has 0 saturated carbocycles. The molecule has 0 fully saturated rings. The second kappa shape index (κ2) is 7.67. The molecule has 3 heterocycles. The standard InChI is InChI=1S/C31H30N2O2/c1-17(2)13-22-18(3)34-24-11-12-25-27(26(22)24)28-29(32-16-33-30(28)35-25)20-14-19-9-7-8-10-21(19)23(15-20)31(4,5)6/h7-12,14-17H,13H2,1-6H3. The minimum Gasteiger partial charge on any atom is -0.461 e. The first-order chi connectivity index (χ1) is 16.7. The summed E-state index contributed by atoms with van der Waals surface area (Å²) in [4.78, 5) is 9.37. The van der Waals surface area contributed by atoms with Crippen LogP contribution in [-0.2, 0) is 11.8 Å². The Kier molecular flexibility index (Phi) is 4.79. The third-order valence-electron chi connectivity index (χ3n) is 6.94. The predicted molar refractivity (Wildman–Crippen MR) is 144 cm³/mol. The summed E-state index contributed by atoms with van der Waals surface area (Å²) in [7, 11) is 0. The van der Waals surface area contributed by atoms with Crippen molar-refractivity contribution in [1.82, 2.24) is 9.97 Å². The van der Waals surface area contributed by atoms with Crippen molar-refractivity contribution in [3.05, 3.63) is 71.7 Å². The number of rotatable bonds is 3. The van der Waals surface area contributed by atoms with Crippen LogP contribution in [0.1, 0.15) is 51.5 Å². The van der Waals surface area contributed by atoms with E-state index in [0.717, 1.165) is 50.8 Å². The lowest BCUT2D eigenvalue weighted by Crippen LogP contribution is -2.12. The molecule has 35 heavy (non-hydrogen) atoms. The number of aryl methyl sites for hydroxylation is 1. The largest absolute Gasteiger partial charge is 0.461 e. The first-order valence-electron chi connectivity index (χ1n) is 12.3. The van der Waals surface area contributed by atoms with Crippen molar-refractivity contribution >= 4 is 43.8 Å². The Hall–Kier alpha value is -3.66. The average Bonchev–Trinajstić information content (AvgIpc) is 3.34. The van der Waals surface area contributed by atoms with Gasteiger partial charge in [0.25, 0.3) is 0 Å². The van der Waals surface area contributed by atoms with Crippen molar-refractivity contribution in [1.29, 1.82) is 0 Å². The zero-order valence-corrected chi connectivity index (χ0v) is 21.2. The van der Waals surface area contributed by atoms with E-state index in [1.807, 2.05) is 12.1 Å². The monoisotopic (exact) mass is 462 g/mol. The molecule has 6 rings (SSSR count). The second-order valence-corrected chi connectivity index (χ2v) is 11.0. The van der Waals surface area contributed by atoms with Crippen LogP contribution in [0.15, 0.2) is 63.7 Å². The van der Waals surface area contributed by atoms with Crippen molar-refractivity contribution in [3.8, 4) is 11.3 Å². The summed E-state index contributed by atoms with van der Waals surface area (Å²) in [5, 5.41) is 5.61. The van der Waals surface area contributed by atoms with Crippen molar-refractivity contribution in [3.63, 3.8) is 0 Å². The Balaban J connectivity index is 1.75. The number of hydrogen-bond acceptors (Lipinski definition) is 4. The highest BCUT2D eigenvalue weighted by atomic mass is 16.3. The van der Waals surface area contributed by atoms with Crippen LogP contribution in [-0.4, -0.2) is 9.97 Å². The SMILES string of the molecule is Cc1oc2ccc3oc4ncnc(-c5cc(C(C)(C)C)c6ccccc6c5)c4c3c2c1CC(C)C. The lowest BCUT2D eigenvalue weighted by atomic mass is 9.82. The molecule has 0 amide bonds. The number of aromatic nitrogens is 2. The molecule has 0 radical (unpaired) electrons. The van der Waals surface area contributed by atoms with Crippen LogP contribution in [0.25, 0.3) is 55.1 Å². The van der Waals surface area contributed by atoms with Gasteiger partial charge in [-0.2, -0.15) is 0 Å². The van der Waals surface area contributed by atoms with E-state index in [9.17, 15) is 0 Å². The molecule has 176 valence electrons. The maximum atomic E-state index is 6.28. The van der Waals surface area contributed by atoms with Gasteiger partial charge in [-0.25, -0.2) is 9.97 Å². The molecule has 0 atom stereocenters. The lowest BCUT2D eigenvalue weighted by Gasteiger charge is -2.22. The highest BCUT2D eigenvalue weighted by Crippen LogP contribution is 2.43. The Morgan fingerprint density at radius 2 is 1.60 bits per heavy atom. The molecule has 0 aliphatic rings. The first kappa shape index (κ1) is 21.8. The van der Waals surface area contributed by atoms with E-state index in [2.05, 4.69) is 82.9 Å². The zero-order chi connectivity index (χ0) is 24.5. The highest BCUT2D eigenvalue weighted by Gasteiger charge is 2.24. The third-order valence-corrected chi connectivity index (χ3v) is 6.94. The molecule has 4 nitrogen and oxygen atoms in total. The quantitative estimate of drug-likeness (QED) is 0.264. The molecule has 0 saturated heterocycles. The van der Waals surface area contributed by atoms with Gasteiger partial charge in [-0.1, -0.05) is 58.9 Å². The van der Waals surface area contributed by atoms with E-state index < -0.39 is 0 Å². The van der Waals surface area contributed by atoms with Gasteiger partial charge >= 0.3 is 0 Å². The van der Waals surface area contributed by atoms with Crippen molar-refractivity contribution < 1.29 is 8.83 Å². The average molecular weight is 463 g/mol. The van der Waals surface area contributed by atoms with Gasteiger partial charge < -0.3 is 8.83 Å². The number of fused-ring (bicyclic) bond motifs is 6. The number of hydrogen-bond donors (Lipinski definition) is 0. The second-order valence-electron chi connectivity index (χ2n) is 11.0. The van der Waals surface area contributed by atoms with Gasteiger partial charge in [-0.3, -0.25) is 0 Å². The smallest absolute Gasteiger partial charge is 0.231 e. The van der Waals surface area contributed by atoms with E-state index in [-0.39, 0.29) is 5.41 Å². The zero-order valence-electron chi connectivity index (χ0n) is 21.2. The molecule has 4 heteroatoms.